The minimum Gasteiger partial charge on any atom is -0.319 e. The van der Waals surface area contributed by atoms with Crippen molar-refractivity contribution in [1.29, 1.82) is 0 Å². The Labute approximate surface area is 155 Å². The van der Waals surface area contributed by atoms with Gasteiger partial charge in [-0.15, -0.1) is 0 Å². The van der Waals surface area contributed by atoms with E-state index >= 15 is 0 Å². The number of halogens is 2. The van der Waals surface area contributed by atoms with Gasteiger partial charge >= 0.3 is 0 Å². The van der Waals surface area contributed by atoms with E-state index in [-0.39, 0.29) is 22.8 Å². The maximum Gasteiger partial charge on any atom is 0.258 e. The summed E-state index contributed by atoms with van der Waals surface area (Å²) >= 11 is 0. The first-order chi connectivity index (χ1) is 12.6. The van der Waals surface area contributed by atoms with E-state index in [0.717, 1.165) is 24.3 Å². The maximum absolute atomic E-state index is 14.1. The molecule has 144 valence electrons. The Morgan fingerprint density at radius 2 is 1.78 bits per heavy atom. The standard InChI is InChI=1S/C17H15F2NO5S2/c18-14-6-5-11(27(24,25)12-7-8-26(22,23)10-12)9-13(14)17(21)20-16-4-2-1-3-15(16)19/h1-6,9,12H,7-8,10H2,(H,20,21)/t12-/m1/s1. The van der Waals surface area contributed by atoms with Gasteiger partial charge in [-0.05, 0) is 36.8 Å². The van der Waals surface area contributed by atoms with Gasteiger partial charge < -0.3 is 5.32 Å². The lowest BCUT2D eigenvalue weighted by Gasteiger charge is -2.12. The van der Waals surface area contributed by atoms with Crippen molar-refractivity contribution >= 4 is 31.3 Å². The predicted octanol–water partition coefficient (Wildman–Crippen LogP) is 2.18. The zero-order chi connectivity index (χ0) is 19.8. The smallest absolute Gasteiger partial charge is 0.258 e. The number of carbonyl (C=O) groups is 1. The molecule has 6 nitrogen and oxygen atoms in total. The molecule has 10 heteroatoms. The van der Waals surface area contributed by atoms with Gasteiger partial charge in [-0.1, -0.05) is 12.1 Å². The van der Waals surface area contributed by atoms with Gasteiger partial charge in [-0.3, -0.25) is 4.79 Å². The summed E-state index contributed by atoms with van der Waals surface area (Å²) in [4.78, 5) is 11.9. The highest BCUT2D eigenvalue weighted by atomic mass is 32.2. The second-order valence-electron chi connectivity index (χ2n) is 6.15. The molecule has 0 saturated carbocycles. The molecule has 1 amide bonds. The van der Waals surface area contributed by atoms with Crippen LogP contribution in [0.3, 0.4) is 0 Å². The molecule has 1 fully saturated rings. The highest BCUT2D eigenvalue weighted by Crippen LogP contribution is 2.27. The molecule has 3 rings (SSSR count). The van der Waals surface area contributed by atoms with Crippen molar-refractivity contribution in [1.82, 2.24) is 0 Å². The number of hydrogen-bond acceptors (Lipinski definition) is 5. The zero-order valence-corrected chi connectivity index (χ0v) is 15.5. The molecule has 2 aromatic carbocycles. The second kappa shape index (κ2) is 7.01. The molecule has 2 aromatic rings. The number of sulfone groups is 2. The van der Waals surface area contributed by atoms with Crippen LogP contribution in [0.4, 0.5) is 14.5 Å². The molecule has 1 aliphatic rings. The number of hydrogen-bond donors (Lipinski definition) is 1. The van der Waals surface area contributed by atoms with Crippen LogP contribution in [0.2, 0.25) is 0 Å². The third kappa shape index (κ3) is 4.01. The Balaban J connectivity index is 1.93. The first-order valence-corrected chi connectivity index (χ1v) is 11.3. The number of amides is 1. The second-order valence-corrected chi connectivity index (χ2v) is 10.6. The summed E-state index contributed by atoms with van der Waals surface area (Å²) in [7, 11) is -7.50. The quantitative estimate of drug-likeness (QED) is 0.772. The van der Waals surface area contributed by atoms with Gasteiger partial charge in [0.1, 0.15) is 11.6 Å². The van der Waals surface area contributed by atoms with E-state index in [1.165, 1.54) is 18.2 Å². The molecule has 1 saturated heterocycles. The Kier molecular flexibility index (Phi) is 5.04. The molecule has 0 radical (unpaired) electrons. The zero-order valence-electron chi connectivity index (χ0n) is 13.9. The van der Waals surface area contributed by atoms with Crippen LogP contribution < -0.4 is 5.32 Å². The summed E-state index contributed by atoms with van der Waals surface area (Å²) in [5.41, 5.74) is -0.766. The topological polar surface area (TPSA) is 97.4 Å². The van der Waals surface area contributed by atoms with Crippen LogP contribution >= 0.6 is 0 Å². The average Bonchev–Trinajstić information content (AvgIpc) is 2.98. The molecule has 0 aromatic heterocycles. The number of anilines is 1. The van der Waals surface area contributed by atoms with Crippen LogP contribution in [0.25, 0.3) is 0 Å². The number of carbonyl (C=O) groups excluding carboxylic acids is 1. The number of rotatable bonds is 4. The molecule has 0 bridgehead atoms. The highest BCUT2D eigenvalue weighted by molar-refractivity contribution is 7.96. The van der Waals surface area contributed by atoms with Crippen LogP contribution in [-0.2, 0) is 19.7 Å². The van der Waals surface area contributed by atoms with E-state index in [9.17, 15) is 30.4 Å². The van der Waals surface area contributed by atoms with E-state index in [0.29, 0.717) is 0 Å². The third-order valence-electron chi connectivity index (χ3n) is 4.26. The lowest BCUT2D eigenvalue weighted by atomic mass is 10.2. The summed E-state index contributed by atoms with van der Waals surface area (Å²) in [5, 5.41) is 1.04. The molecule has 0 unspecified atom stereocenters. The molecule has 0 spiro atoms. The number of nitrogens with one attached hydrogen (secondary N) is 1. The van der Waals surface area contributed by atoms with Gasteiger partial charge in [-0.2, -0.15) is 0 Å². The van der Waals surface area contributed by atoms with Crippen LogP contribution in [-0.4, -0.2) is 39.5 Å². The lowest BCUT2D eigenvalue weighted by molar-refractivity contribution is 0.102. The summed E-state index contributed by atoms with van der Waals surface area (Å²) in [6.45, 7) is 0. The third-order valence-corrected chi connectivity index (χ3v) is 8.43. The number of para-hydroxylation sites is 1. The highest BCUT2D eigenvalue weighted by Gasteiger charge is 2.38. The van der Waals surface area contributed by atoms with Gasteiger partial charge in [-0.25, -0.2) is 25.6 Å². The van der Waals surface area contributed by atoms with Crippen LogP contribution in [0, 0.1) is 11.6 Å². The summed E-state index contributed by atoms with van der Waals surface area (Å²) < 4.78 is 76.1. The predicted molar refractivity (Wildman–Crippen MR) is 95.0 cm³/mol. The van der Waals surface area contributed by atoms with Gasteiger partial charge in [0.05, 0.1) is 32.9 Å². The van der Waals surface area contributed by atoms with Gasteiger partial charge in [0.25, 0.3) is 5.91 Å². The molecular weight excluding hydrogens is 400 g/mol. The minimum absolute atomic E-state index is 0.0567. The monoisotopic (exact) mass is 415 g/mol. The SMILES string of the molecule is O=C(Nc1ccccc1F)c1cc(S(=O)(=O)[C@@H]2CCS(=O)(=O)C2)ccc1F. The first-order valence-electron chi connectivity index (χ1n) is 7.90. The van der Waals surface area contributed by atoms with Crippen molar-refractivity contribution in [3.05, 3.63) is 59.7 Å². The fraction of sp³-hybridized carbons (Fsp3) is 0.235. The van der Waals surface area contributed by atoms with E-state index in [2.05, 4.69) is 5.32 Å². The van der Waals surface area contributed by atoms with E-state index < -0.39 is 53.8 Å². The Hall–Kier alpha value is -2.33. The summed E-state index contributed by atoms with van der Waals surface area (Å²) in [6.07, 6.45) is -0.0567. The minimum atomic E-state index is -4.06. The van der Waals surface area contributed by atoms with E-state index in [1.54, 1.807) is 0 Å². The van der Waals surface area contributed by atoms with Crippen molar-refractivity contribution in [2.75, 3.05) is 16.8 Å². The lowest BCUT2D eigenvalue weighted by Crippen LogP contribution is -2.23. The molecule has 1 atom stereocenters. The number of benzene rings is 2. The van der Waals surface area contributed by atoms with Crippen LogP contribution in [0.1, 0.15) is 16.8 Å². The Morgan fingerprint density at radius 1 is 1.07 bits per heavy atom. The summed E-state index contributed by atoms with van der Waals surface area (Å²) in [5.74, 6) is -3.48. The van der Waals surface area contributed by atoms with Crippen molar-refractivity contribution in [2.45, 2.75) is 16.6 Å². The van der Waals surface area contributed by atoms with Crippen LogP contribution in [0.5, 0.6) is 0 Å². The van der Waals surface area contributed by atoms with E-state index in [4.69, 9.17) is 0 Å². The largest absolute Gasteiger partial charge is 0.319 e. The van der Waals surface area contributed by atoms with Gasteiger partial charge in [0.15, 0.2) is 19.7 Å². The van der Waals surface area contributed by atoms with Crippen molar-refractivity contribution in [3.63, 3.8) is 0 Å². The van der Waals surface area contributed by atoms with Crippen LogP contribution in [0.15, 0.2) is 47.4 Å². The molecule has 1 heterocycles. The fourth-order valence-corrected chi connectivity index (χ4v) is 7.19. The summed E-state index contributed by atoms with van der Waals surface area (Å²) in [6, 6.07) is 7.89. The van der Waals surface area contributed by atoms with E-state index in [1.807, 2.05) is 0 Å². The van der Waals surface area contributed by atoms with Gasteiger partial charge in [0.2, 0.25) is 0 Å². The average molecular weight is 415 g/mol. The molecule has 1 N–H and O–H groups in total. The molecule has 27 heavy (non-hydrogen) atoms. The molecular formula is C17H15F2NO5S2. The van der Waals surface area contributed by atoms with Crippen molar-refractivity contribution in [3.8, 4) is 0 Å². The molecule has 0 aliphatic carbocycles. The normalized spacial score (nSPS) is 19.0. The Morgan fingerprint density at radius 3 is 2.41 bits per heavy atom. The van der Waals surface area contributed by atoms with Crippen molar-refractivity contribution < 1.29 is 30.4 Å². The van der Waals surface area contributed by atoms with Crippen molar-refractivity contribution in [2.24, 2.45) is 0 Å². The fourth-order valence-electron chi connectivity index (χ4n) is 2.81. The maximum atomic E-state index is 14.1. The first kappa shape index (κ1) is 19.4. The Bertz CT molecular complexity index is 1110. The van der Waals surface area contributed by atoms with Gasteiger partial charge in [0, 0.05) is 0 Å². The molecule has 1 aliphatic heterocycles.